The molecular weight excluding hydrogens is 511 g/mol. The third-order valence-corrected chi connectivity index (χ3v) is 7.65. The SMILES string of the molecule is CN=C(NCCS(=O)C(C)(C)C)N1CC(CCN2CCCC2=O)c2ccccc21.I. The van der Waals surface area contributed by atoms with Crippen molar-refractivity contribution >= 4 is 52.3 Å². The number of anilines is 1. The maximum atomic E-state index is 12.3. The van der Waals surface area contributed by atoms with Gasteiger partial charge in [-0.05, 0) is 45.2 Å². The number of hydrogen-bond donors (Lipinski definition) is 1. The number of fused-ring (bicyclic) bond motifs is 1. The number of rotatable bonds is 6. The fraction of sp³-hybridized carbons (Fsp3) is 0.636. The second-order valence-corrected chi connectivity index (χ2v) is 11.1. The molecule has 6 nitrogen and oxygen atoms in total. The normalized spacial score (nSPS) is 20.2. The van der Waals surface area contributed by atoms with Crippen LogP contribution in [0.4, 0.5) is 5.69 Å². The first-order valence-corrected chi connectivity index (χ1v) is 11.9. The van der Waals surface area contributed by atoms with Crippen LogP contribution in [0.3, 0.4) is 0 Å². The zero-order valence-electron chi connectivity index (χ0n) is 18.5. The van der Waals surface area contributed by atoms with Gasteiger partial charge in [-0.25, -0.2) is 0 Å². The van der Waals surface area contributed by atoms with Crippen LogP contribution in [0.15, 0.2) is 29.3 Å². The second-order valence-electron chi connectivity index (χ2n) is 8.78. The molecule has 0 aromatic heterocycles. The number of halogens is 1. The average Bonchev–Trinajstić information content (AvgIpc) is 3.26. The lowest BCUT2D eigenvalue weighted by Crippen LogP contribution is -2.43. The summed E-state index contributed by atoms with van der Waals surface area (Å²) in [6, 6.07) is 8.46. The van der Waals surface area contributed by atoms with E-state index in [9.17, 15) is 9.00 Å². The monoisotopic (exact) mass is 546 g/mol. The molecule has 1 fully saturated rings. The number of nitrogens with one attached hydrogen (secondary N) is 1. The Bertz CT molecular complexity index is 794. The molecule has 1 aromatic rings. The van der Waals surface area contributed by atoms with Crippen molar-refractivity contribution < 1.29 is 9.00 Å². The molecule has 2 unspecified atom stereocenters. The third kappa shape index (κ3) is 5.96. The van der Waals surface area contributed by atoms with Crippen molar-refractivity contribution in [2.24, 2.45) is 4.99 Å². The molecule has 30 heavy (non-hydrogen) atoms. The van der Waals surface area contributed by atoms with Gasteiger partial charge in [0.15, 0.2) is 5.96 Å². The predicted octanol–water partition coefficient (Wildman–Crippen LogP) is 3.34. The van der Waals surface area contributed by atoms with Gasteiger partial charge in [0, 0.05) is 72.6 Å². The van der Waals surface area contributed by atoms with E-state index in [-0.39, 0.29) is 34.6 Å². The van der Waals surface area contributed by atoms with E-state index in [1.807, 2.05) is 25.7 Å². The van der Waals surface area contributed by atoms with Crippen molar-refractivity contribution in [2.45, 2.75) is 50.7 Å². The van der Waals surface area contributed by atoms with Gasteiger partial charge in [0.25, 0.3) is 0 Å². The topological polar surface area (TPSA) is 65.0 Å². The molecule has 0 aliphatic carbocycles. The number of carbonyl (C=O) groups excluding carboxylic acids is 1. The number of carbonyl (C=O) groups is 1. The van der Waals surface area contributed by atoms with E-state index >= 15 is 0 Å². The molecule has 1 N–H and O–H groups in total. The number of aliphatic imine (C=N–C) groups is 1. The molecule has 1 saturated heterocycles. The van der Waals surface area contributed by atoms with Crippen molar-refractivity contribution in [1.82, 2.24) is 10.2 Å². The van der Waals surface area contributed by atoms with Crippen LogP contribution >= 0.6 is 24.0 Å². The molecule has 2 atom stereocenters. The molecule has 8 heteroatoms. The Hall–Kier alpha value is -1.16. The molecule has 2 heterocycles. The van der Waals surface area contributed by atoms with Gasteiger partial charge in [0.1, 0.15) is 0 Å². The van der Waals surface area contributed by atoms with Crippen LogP contribution in [-0.2, 0) is 15.6 Å². The number of amides is 1. The molecule has 1 amide bonds. The summed E-state index contributed by atoms with van der Waals surface area (Å²) in [5.41, 5.74) is 2.50. The first-order valence-electron chi connectivity index (χ1n) is 10.5. The standard InChI is InChI=1S/C22H34N4O2S.HI/c1-22(2,3)29(28)15-12-24-21(23-4)26-16-17(18-8-5-6-9-19(18)26)11-14-25-13-7-10-20(25)27;/h5-6,8-9,17H,7,10-16H2,1-4H3,(H,23,24);1H. The van der Waals surface area contributed by atoms with Gasteiger partial charge in [-0.3, -0.25) is 14.0 Å². The lowest BCUT2D eigenvalue weighted by Gasteiger charge is -2.24. The highest BCUT2D eigenvalue weighted by molar-refractivity contribution is 14.0. The van der Waals surface area contributed by atoms with Gasteiger partial charge in [-0.1, -0.05) is 18.2 Å². The highest BCUT2D eigenvalue weighted by atomic mass is 127. The number of likely N-dealkylation sites (tertiary alicyclic amines) is 1. The first-order chi connectivity index (χ1) is 13.8. The van der Waals surface area contributed by atoms with E-state index in [1.54, 1.807) is 7.05 Å². The van der Waals surface area contributed by atoms with Crippen molar-refractivity contribution in [3.05, 3.63) is 29.8 Å². The van der Waals surface area contributed by atoms with Crippen LogP contribution in [0.25, 0.3) is 0 Å². The van der Waals surface area contributed by atoms with Crippen LogP contribution in [0.1, 0.15) is 51.5 Å². The minimum absolute atomic E-state index is 0. The summed E-state index contributed by atoms with van der Waals surface area (Å²) < 4.78 is 12.1. The average molecular weight is 547 g/mol. The Balaban J connectivity index is 0.00000320. The van der Waals surface area contributed by atoms with E-state index in [4.69, 9.17) is 0 Å². The van der Waals surface area contributed by atoms with E-state index in [2.05, 4.69) is 39.5 Å². The summed E-state index contributed by atoms with van der Waals surface area (Å²) in [6.07, 6.45) is 2.64. The molecule has 2 aliphatic rings. The Morgan fingerprint density at radius 3 is 2.67 bits per heavy atom. The zero-order valence-corrected chi connectivity index (χ0v) is 21.7. The summed E-state index contributed by atoms with van der Waals surface area (Å²) >= 11 is 0. The van der Waals surface area contributed by atoms with E-state index in [0.29, 0.717) is 24.6 Å². The fourth-order valence-corrected chi connectivity index (χ4v) is 4.95. The van der Waals surface area contributed by atoms with E-state index in [1.165, 1.54) is 11.3 Å². The molecule has 0 radical (unpaired) electrons. The van der Waals surface area contributed by atoms with Gasteiger partial charge in [-0.2, -0.15) is 0 Å². The van der Waals surface area contributed by atoms with Crippen molar-refractivity contribution in [2.75, 3.05) is 43.9 Å². The second kappa shape index (κ2) is 10.9. The van der Waals surface area contributed by atoms with Crippen LogP contribution in [-0.4, -0.2) is 64.7 Å². The third-order valence-electron chi connectivity index (χ3n) is 5.71. The molecule has 2 aliphatic heterocycles. The largest absolute Gasteiger partial charge is 0.355 e. The smallest absolute Gasteiger partial charge is 0.222 e. The molecule has 0 spiro atoms. The lowest BCUT2D eigenvalue weighted by molar-refractivity contribution is -0.127. The van der Waals surface area contributed by atoms with E-state index in [0.717, 1.165) is 38.4 Å². The molecule has 0 bridgehead atoms. The maximum absolute atomic E-state index is 12.3. The quantitative estimate of drug-likeness (QED) is 0.338. The molecule has 168 valence electrons. The Morgan fingerprint density at radius 2 is 2.03 bits per heavy atom. The van der Waals surface area contributed by atoms with Gasteiger partial charge >= 0.3 is 0 Å². The van der Waals surface area contributed by atoms with Gasteiger partial charge in [0.05, 0.1) is 0 Å². The number of nitrogens with zero attached hydrogens (tertiary/aromatic N) is 3. The van der Waals surface area contributed by atoms with Crippen LogP contribution < -0.4 is 10.2 Å². The highest BCUT2D eigenvalue weighted by Gasteiger charge is 2.32. The zero-order chi connectivity index (χ0) is 21.0. The minimum Gasteiger partial charge on any atom is -0.355 e. The predicted molar refractivity (Wildman–Crippen MR) is 136 cm³/mol. The summed E-state index contributed by atoms with van der Waals surface area (Å²) in [7, 11) is 0.903. The van der Waals surface area contributed by atoms with E-state index < -0.39 is 10.8 Å². The molecule has 1 aromatic carbocycles. The van der Waals surface area contributed by atoms with Crippen LogP contribution in [0, 0.1) is 0 Å². The van der Waals surface area contributed by atoms with Crippen LogP contribution in [0.2, 0.25) is 0 Å². The summed E-state index contributed by atoms with van der Waals surface area (Å²) in [6.45, 7) is 9.21. The molecular formula is C22H35IN4O2S. The Labute approximate surface area is 200 Å². The number of para-hydroxylation sites is 1. The lowest BCUT2D eigenvalue weighted by atomic mass is 9.98. The Morgan fingerprint density at radius 1 is 1.30 bits per heavy atom. The highest BCUT2D eigenvalue weighted by Crippen LogP contribution is 2.38. The van der Waals surface area contributed by atoms with Crippen molar-refractivity contribution in [3.8, 4) is 0 Å². The first kappa shape index (κ1) is 25.1. The Kier molecular flexibility index (Phi) is 9.14. The van der Waals surface area contributed by atoms with Gasteiger partial charge in [0.2, 0.25) is 5.91 Å². The number of hydrogen-bond acceptors (Lipinski definition) is 3. The summed E-state index contributed by atoms with van der Waals surface area (Å²) in [5.74, 6) is 2.08. The molecule has 3 rings (SSSR count). The summed E-state index contributed by atoms with van der Waals surface area (Å²) in [5, 5.41) is 3.40. The van der Waals surface area contributed by atoms with Crippen LogP contribution in [0.5, 0.6) is 0 Å². The fourth-order valence-electron chi connectivity index (χ4n) is 4.05. The summed E-state index contributed by atoms with van der Waals surface area (Å²) in [4.78, 5) is 20.7. The number of guanidine groups is 1. The van der Waals surface area contributed by atoms with Crippen molar-refractivity contribution in [3.63, 3.8) is 0 Å². The van der Waals surface area contributed by atoms with Gasteiger partial charge < -0.3 is 15.1 Å². The molecule has 0 saturated carbocycles. The van der Waals surface area contributed by atoms with Gasteiger partial charge in [-0.15, -0.1) is 24.0 Å². The minimum atomic E-state index is -0.891. The maximum Gasteiger partial charge on any atom is 0.222 e. The van der Waals surface area contributed by atoms with Crippen molar-refractivity contribution in [1.29, 1.82) is 0 Å². The number of benzene rings is 1.